The van der Waals surface area contributed by atoms with Gasteiger partial charge in [-0.15, -0.1) is 11.6 Å². The summed E-state index contributed by atoms with van der Waals surface area (Å²) in [5, 5.41) is 2.96. The van der Waals surface area contributed by atoms with Crippen LogP contribution in [-0.4, -0.2) is 29.9 Å². The van der Waals surface area contributed by atoms with Gasteiger partial charge in [-0.05, 0) is 6.42 Å². The molecule has 1 aliphatic rings. The van der Waals surface area contributed by atoms with Gasteiger partial charge in [0.05, 0.1) is 5.54 Å². The van der Waals surface area contributed by atoms with Gasteiger partial charge >= 0.3 is 0 Å². The van der Waals surface area contributed by atoms with Crippen molar-refractivity contribution in [1.82, 2.24) is 5.32 Å². The van der Waals surface area contributed by atoms with Gasteiger partial charge < -0.3 is 5.32 Å². The van der Waals surface area contributed by atoms with E-state index in [4.69, 9.17) is 11.6 Å². The van der Waals surface area contributed by atoms with Crippen molar-refractivity contribution in [2.45, 2.75) is 37.9 Å². The predicted octanol–water partition coefficient (Wildman–Crippen LogP) is 1.66. The highest BCUT2D eigenvalue weighted by molar-refractivity contribution is 6.18. The fourth-order valence-corrected chi connectivity index (χ4v) is 2.19. The molecule has 0 aromatic heterocycles. The Bertz CT molecular complexity index is 196. The highest BCUT2D eigenvalue weighted by atomic mass is 35.5. The van der Waals surface area contributed by atoms with Gasteiger partial charge in [0.2, 0.25) is 0 Å². The normalized spacial score (nSPS) is 33.6. The van der Waals surface area contributed by atoms with Gasteiger partial charge in [-0.2, -0.15) is 0 Å². The molecule has 1 aliphatic heterocycles. The summed E-state index contributed by atoms with van der Waals surface area (Å²) < 4.78 is 13.0. The van der Waals surface area contributed by atoms with Crippen LogP contribution in [0.5, 0.6) is 0 Å². The topological polar surface area (TPSA) is 29.1 Å². The largest absolute Gasteiger partial charge is 0.302 e. The van der Waals surface area contributed by atoms with E-state index in [2.05, 4.69) is 5.32 Å². The summed E-state index contributed by atoms with van der Waals surface area (Å²) in [7, 11) is 0. The van der Waals surface area contributed by atoms with Gasteiger partial charge in [0, 0.05) is 25.3 Å². The van der Waals surface area contributed by atoms with Crippen LogP contribution in [0.3, 0.4) is 0 Å². The van der Waals surface area contributed by atoms with Gasteiger partial charge in [-0.1, -0.05) is 6.92 Å². The molecule has 2 atom stereocenters. The van der Waals surface area contributed by atoms with Crippen molar-refractivity contribution in [2.75, 3.05) is 12.4 Å². The predicted molar refractivity (Wildman–Crippen MR) is 50.9 cm³/mol. The number of Topliss-reactive ketones (excluding diaryl/α,β-unsaturated/α-hetero) is 1. The Labute approximate surface area is 82.8 Å². The Hall–Kier alpha value is -0.150. The molecular weight excluding hydrogens is 193 g/mol. The molecule has 76 valence electrons. The highest BCUT2D eigenvalue weighted by Gasteiger charge is 2.43. The van der Waals surface area contributed by atoms with Crippen LogP contribution in [0.1, 0.15) is 26.2 Å². The van der Waals surface area contributed by atoms with E-state index < -0.39 is 11.7 Å². The zero-order valence-electron chi connectivity index (χ0n) is 7.78. The first-order valence-corrected chi connectivity index (χ1v) is 5.16. The lowest BCUT2D eigenvalue weighted by Gasteiger charge is -2.26. The van der Waals surface area contributed by atoms with E-state index in [0.29, 0.717) is 18.7 Å². The summed E-state index contributed by atoms with van der Waals surface area (Å²) in [5.41, 5.74) is -0.671. The molecule has 2 nitrogen and oxygen atoms in total. The van der Waals surface area contributed by atoms with E-state index in [1.54, 1.807) is 6.92 Å². The maximum absolute atomic E-state index is 13.0. The molecule has 0 spiro atoms. The number of hydrogen-bond donors (Lipinski definition) is 1. The third-order valence-corrected chi connectivity index (χ3v) is 2.80. The molecule has 1 rings (SSSR count). The van der Waals surface area contributed by atoms with E-state index in [1.807, 2.05) is 0 Å². The van der Waals surface area contributed by atoms with E-state index in [9.17, 15) is 9.18 Å². The molecular formula is C9H15ClFNO. The summed E-state index contributed by atoms with van der Waals surface area (Å²) in [4.78, 5) is 11.6. The zero-order valence-corrected chi connectivity index (χ0v) is 8.53. The van der Waals surface area contributed by atoms with Crippen LogP contribution in [0.15, 0.2) is 0 Å². The van der Waals surface area contributed by atoms with Crippen molar-refractivity contribution in [2.24, 2.45) is 0 Å². The Morgan fingerprint density at radius 3 is 2.85 bits per heavy atom. The Morgan fingerprint density at radius 2 is 2.46 bits per heavy atom. The molecule has 1 saturated heterocycles. The minimum absolute atomic E-state index is 0.0771. The SMILES string of the molecule is CCC(=O)C1(CCCl)CC(F)CN1. The second kappa shape index (κ2) is 4.38. The molecule has 0 aliphatic carbocycles. The Balaban J connectivity index is 2.70. The first-order valence-electron chi connectivity index (χ1n) is 4.63. The monoisotopic (exact) mass is 207 g/mol. The lowest BCUT2D eigenvalue weighted by molar-refractivity contribution is -0.124. The number of halogens is 2. The molecule has 0 amide bonds. The van der Waals surface area contributed by atoms with Crippen LogP contribution >= 0.6 is 11.6 Å². The number of ketones is 1. The molecule has 4 heteroatoms. The maximum Gasteiger partial charge on any atom is 0.152 e. The van der Waals surface area contributed by atoms with Crippen LogP contribution in [-0.2, 0) is 4.79 Å². The smallest absolute Gasteiger partial charge is 0.152 e. The molecule has 13 heavy (non-hydrogen) atoms. The molecule has 0 radical (unpaired) electrons. The second-order valence-electron chi connectivity index (χ2n) is 3.48. The van der Waals surface area contributed by atoms with Gasteiger partial charge in [0.25, 0.3) is 0 Å². The number of carbonyl (C=O) groups is 1. The van der Waals surface area contributed by atoms with Gasteiger partial charge in [0.1, 0.15) is 6.17 Å². The molecule has 2 unspecified atom stereocenters. The minimum Gasteiger partial charge on any atom is -0.302 e. The Morgan fingerprint density at radius 1 is 1.77 bits per heavy atom. The number of nitrogens with one attached hydrogen (secondary N) is 1. The molecule has 1 N–H and O–H groups in total. The summed E-state index contributed by atoms with van der Waals surface area (Å²) in [5.74, 6) is 0.471. The minimum atomic E-state index is -0.904. The standard InChI is InChI=1S/C9H15ClFNO/c1-2-8(13)9(3-4-10)5-7(11)6-12-9/h7,12H,2-6H2,1H3. The molecule has 0 bridgehead atoms. The van der Waals surface area contributed by atoms with E-state index in [1.165, 1.54) is 0 Å². The number of carbonyl (C=O) groups excluding carboxylic acids is 1. The Kier molecular flexibility index (Phi) is 3.68. The van der Waals surface area contributed by atoms with Crippen molar-refractivity contribution in [3.05, 3.63) is 0 Å². The third kappa shape index (κ3) is 2.20. The van der Waals surface area contributed by atoms with Crippen molar-refractivity contribution in [3.8, 4) is 0 Å². The molecule has 1 fully saturated rings. The average Bonchev–Trinajstić information content (AvgIpc) is 2.48. The van der Waals surface area contributed by atoms with Crippen LogP contribution in [0.2, 0.25) is 0 Å². The van der Waals surface area contributed by atoms with Crippen LogP contribution in [0, 0.1) is 0 Å². The maximum atomic E-state index is 13.0. The van der Waals surface area contributed by atoms with Gasteiger partial charge in [-0.25, -0.2) is 4.39 Å². The van der Waals surface area contributed by atoms with Crippen LogP contribution in [0.25, 0.3) is 0 Å². The summed E-state index contributed by atoms with van der Waals surface area (Å²) in [6.45, 7) is 2.08. The molecule has 0 aromatic carbocycles. The van der Waals surface area contributed by atoms with Crippen molar-refractivity contribution in [1.29, 1.82) is 0 Å². The van der Waals surface area contributed by atoms with E-state index in [0.717, 1.165) is 0 Å². The first-order chi connectivity index (χ1) is 6.14. The zero-order chi connectivity index (χ0) is 9.90. The summed E-state index contributed by atoms with van der Waals surface area (Å²) in [6, 6.07) is 0. The summed E-state index contributed by atoms with van der Waals surface area (Å²) >= 11 is 5.61. The average molecular weight is 208 g/mol. The molecule has 0 aromatic rings. The lowest BCUT2D eigenvalue weighted by atomic mass is 9.87. The number of rotatable bonds is 4. The van der Waals surface area contributed by atoms with Crippen molar-refractivity contribution >= 4 is 17.4 Å². The fourth-order valence-electron chi connectivity index (χ4n) is 1.87. The number of hydrogen-bond acceptors (Lipinski definition) is 2. The summed E-state index contributed by atoms with van der Waals surface area (Å²) in [6.07, 6.45) is 0.351. The van der Waals surface area contributed by atoms with E-state index >= 15 is 0 Å². The van der Waals surface area contributed by atoms with Gasteiger partial charge in [0.15, 0.2) is 5.78 Å². The van der Waals surface area contributed by atoms with Crippen molar-refractivity contribution < 1.29 is 9.18 Å². The first kappa shape index (κ1) is 10.9. The quantitative estimate of drug-likeness (QED) is 0.711. The lowest BCUT2D eigenvalue weighted by Crippen LogP contribution is -2.47. The van der Waals surface area contributed by atoms with Crippen LogP contribution in [0.4, 0.5) is 4.39 Å². The van der Waals surface area contributed by atoms with E-state index in [-0.39, 0.29) is 18.7 Å². The third-order valence-electron chi connectivity index (χ3n) is 2.61. The van der Waals surface area contributed by atoms with Crippen molar-refractivity contribution in [3.63, 3.8) is 0 Å². The fraction of sp³-hybridized carbons (Fsp3) is 0.889. The highest BCUT2D eigenvalue weighted by Crippen LogP contribution is 2.27. The number of alkyl halides is 2. The molecule has 1 heterocycles. The van der Waals surface area contributed by atoms with Crippen LogP contribution < -0.4 is 5.32 Å². The van der Waals surface area contributed by atoms with Gasteiger partial charge in [-0.3, -0.25) is 4.79 Å². The molecule has 0 saturated carbocycles. The second-order valence-corrected chi connectivity index (χ2v) is 3.86.